The van der Waals surface area contributed by atoms with E-state index in [0.717, 1.165) is 33.2 Å². The third-order valence-electron chi connectivity index (χ3n) is 13.4. The van der Waals surface area contributed by atoms with Crippen LogP contribution in [0, 0.1) is 0 Å². The normalized spacial score (nSPS) is 13.1. The maximum atomic E-state index is 5.26. The van der Waals surface area contributed by atoms with Crippen molar-refractivity contribution < 1.29 is 0 Å². The van der Waals surface area contributed by atoms with Gasteiger partial charge in [-0.05, 0) is 78.8 Å². The van der Waals surface area contributed by atoms with Crippen LogP contribution in [-0.4, -0.2) is 19.5 Å². The minimum Gasteiger partial charge on any atom is -0.309 e. The van der Waals surface area contributed by atoms with Gasteiger partial charge in [0.15, 0.2) is 17.5 Å². The average Bonchev–Trinajstić information content (AvgIpc) is 3.80. The molecule has 0 aliphatic heterocycles. The van der Waals surface area contributed by atoms with Crippen molar-refractivity contribution in [2.75, 3.05) is 0 Å². The maximum Gasteiger partial charge on any atom is 0.164 e. The van der Waals surface area contributed by atoms with Crippen LogP contribution in [0.3, 0.4) is 0 Å². The molecular weight excluding hydrogens is 753 g/mol. The van der Waals surface area contributed by atoms with Crippen molar-refractivity contribution in [2.24, 2.45) is 0 Å². The van der Waals surface area contributed by atoms with Crippen LogP contribution in [0.1, 0.15) is 25.0 Å². The topological polar surface area (TPSA) is 43.6 Å². The molecule has 0 unspecified atom stereocenters. The number of fused-ring (bicyclic) bond motifs is 15. The first kappa shape index (κ1) is 34.9. The van der Waals surface area contributed by atoms with Crippen molar-refractivity contribution in [1.82, 2.24) is 19.5 Å². The summed E-state index contributed by atoms with van der Waals surface area (Å²) in [4.78, 5) is 15.6. The highest BCUT2D eigenvalue weighted by Crippen LogP contribution is 2.52. The molecule has 12 aromatic rings. The Hall–Kier alpha value is -7.95. The number of hydrogen-bond donors (Lipinski definition) is 0. The summed E-state index contributed by atoms with van der Waals surface area (Å²) in [5.41, 5.74) is 11.7. The Labute approximate surface area is 358 Å². The lowest BCUT2D eigenvalue weighted by atomic mass is 9.82. The van der Waals surface area contributed by atoms with Gasteiger partial charge >= 0.3 is 0 Å². The first-order valence-corrected chi connectivity index (χ1v) is 21.4. The molecule has 62 heavy (non-hydrogen) atoms. The highest BCUT2D eigenvalue weighted by atomic mass is 15.0. The zero-order valence-electron chi connectivity index (χ0n) is 34.3. The second kappa shape index (κ2) is 13.0. The molecule has 0 radical (unpaired) electrons. The molecular formula is C58H38N4. The van der Waals surface area contributed by atoms with Gasteiger partial charge in [0, 0.05) is 49.3 Å². The Morgan fingerprint density at radius 1 is 0.371 bits per heavy atom. The molecule has 2 heterocycles. The van der Waals surface area contributed by atoms with Crippen molar-refractivity contribution in [2.45, 2.75) is 19.3 Å². The summed E-state index contributed by atoms with van der Waals surface area (Å²) in [7, 11) is 0. The van der Waals surface area contributed by atoms with Gasteiger partial charge in [0.05, 0.1) is 11.0 Å². The van der Waals surface area contributed by atoms with Crippen LogP contribution in [0.2, 0.25) is 0 Å². The number of benzene rings is 10. The van der Waals surface area contributed by atoms with E-state index in [-0.39, 0.29) is 5.41 Å². The van der Waals surface area contributed by atoms with Gasteiger partial charge in [0.1, 0.15) is 0 Å². The lowest BCUT2D eigenvalue weighted by Gasteiger charge is -2.22. The molecule has 1 aliphatic carbocycles. The van der Waals surface area contributed by atoms with Crippen LogP contribution in [0.25, 0.3) is 116 Å². The highest BCUT2D eigenvalue weighted by Gasteiger charge is 2.36. The summed E-state index contributed by atoms with van der Waals surface area (Å²) in [6.07, 6.45) is 0. The zero-order valence-corrected chi connectivity index (χ0v) is 34.3. The van der Waals surface area contributed by atoms with Crippen LogP contribution in [-0.2, 0) is 5.41 Å². The Balaban J connectivity index is 1.18. The number of aromatic nitrogens is 4. The standard InChI is InChI=1S/C58H38N4/c1-58(2)48-28-16-15-25-42(48)43-31-30-38(33-49(43)58)62-50-32-29-35-17-9-10-22-39(35)52(50)53-51-44-26-13-11-23-40(44)47(34-46(51)41-24-12-14-27-45(41)54(53)62)57-60-55(36-18-5-3-6-19-36)59-56(61-57)37-20-7-4-8-21-37/h3-34H,1-2H3. The molecule has 0 saturated heterocycles. The predicted octanol–water partition coefficient (Wildman–Crippen LogP) is 14.9. The van der Waals surface area contributed by atoms with E-state index in [1.165, 1.54) is 76.4 Å². The minimum atomic E-state index is -0.134. The van der Waals surface area contributed by atoms with Crippen LogP contribution < -0.4 is 0 Å². The molecule has 0 amide bonds. The van der Waals surface area contributed by atoms with E-state index in [2.05, 4.69) is 176 Å². The van der Waals surface area contributed by atoms with E-state index in [0.29, 0.717) is 17.5 Å². The van der Waals surface area contributed by atoms with Crippen molar-refractivity contribution in [1.29, 1.82) is 0 Å². The van der Waals surface area contributed by atoms with Gasteiger partial charge in [-0.2, -0.15) is 0 Å². The molecule has 13 rings (SSSR count). The average molecular weight is 791 g/mol. The van der Waals surface area contributed by atoms with Crippen molar-refractivity contribution in [3.8, 4) is 51.0 Å². The van der Waals surface area contributed by atoms with Crippen LogP contribution in [0.5, 0.6) is 0 Å². The van der Waals surface area contributed by atoms with E-state index >= 15 is 0 Å². The fourth-order valence-electron chi connectivity index (χ4n) is 10.6. The maximum absolute atomic E-state index is 5.26. The zero-order chi connectivity index (χ0) is 41.1. The van der Waals surface area contributed by atoms with Crippen molar-refractivity contribution in [3.63, 3.8) is 0 Å². The fraction of sp³-hybridized carbons (Fsp3) is 0.0517. The molecule has 1 aliphatic rings. The van der Waals surface area contributed by atoms with Crippen LogP contribution in [0.4, 0.5) is 0 Å². The SMILES string of the molecule is CC1(C)c2ccccc2-c2ccc(-n3c4ccc5ccccc5c4c4c5c6ccccc6c(-c6nc(-c7ccccc7)nc(-c7ccccc7)n6)cc5c5ccccc5c43)cc21. The molecule has 0 fully saturated rings. The third kappa shape index (κ3) is 4.92. The van der Waals surface area contributed by atoms with E-state index < -0.39 is 0 Å². The van der Waals surface area contributed by atoms with Gasteiger partial charge in [-0.25, -0.2) is 15.0 Å². The van der Waals surface area contributed by atoms with Gasteiger partial charge in [-0.3, -0.25) is 0 Å². The van der Waals surface area contributed by atoms with Crippen LogP contribution in [0.15, 0.2) is 194 Å². The quantitative estimate of drug-likeness (QED) is 0.167. The van der Waals surface area contributed by atoms with Gasteiger partial charge in [-0.15, -0.1) is 0 Å². The molecule has 4 nitrogen and oxygen atoms in total. The highest BCUT2D eigenvalue weighted by molar-refractivity contribution is 6.40. The molecule has 2 aromatic heterocycles. The molecule has 0 bridgehead atoms. The smallest absolute Gasteiger partial charge is 0.164 e. The van der Waals surface area contributed by atoms with E-state index in [9.17, 15) is 0 Å². The van der Waals surface area contributed by atoms with Crippen molar-refractivity contribution in [3.05, 3.63) is 205 Å². The summed E-state index contributed by atoms with van der Waals surface area (Å²) in [5.74, 6) is 1.94. The van der Waals surface area contributed by atoms with Gasteiger partial charge in [0.2, 0.25) is 0 Å². The Bertz CT molecular complexity index is 3770. The van der Waals surface area contributed by atoms with E-state index in [4.69, 9.17) is 15.0 Å². The molecule has 0 atom stereocenters. The number of nitrogens with zero attached hydrogens (tertiary/aromatic N) is 4. The lowest BCUT2D eigenvalue weighted by Crippen LogP contribution is -2.15. The second-order valence-corrected chi connectivity index (χ2v) is 17.1. The predicted molar refractivity (Wildman–Crippen MR) is 258 cm³/mol. The molecule has 0 saturated carbocycles. The Morgan fingerprint density at radius 2 is 0.952 bits per heavy atom. The summed E-state index contributed by atoms with van der Waals surface area (Å²) in [5, 5.41) is 12.0. The second-order valence-electron chi connectivity index (χ2n) is 17.1. The first-order chi connectivity index (χ1) is 30.5. The molecule has 4 heteroatoms. The minimum absolute atomic E-state index is 0.134. The van der Waals surface area contributed by atoms with E-state index in [1.54, 1.807) is 0 Å². The molecule has 0 N–H and O–H groups in total. The summed E-state index contributed by atoms with van der Waals surface area (Å²) >= 11 is 0. The third-order valence-corrected chi connectivity index (χ3v) is 13.4. The van der Waals surface area contributed by atoms with Gasteiger partial charge in [0.25, 0.3) is 0 Å². The first-order valence-electron chi connectivity index (χ1n) is 21.4. The van der Waals surface area contributed by atoms with E-state index in [1.807, 2.05) is 36.4 Å². The van der Waals surface area contributed by atoms with Crippen LogP contribution >= 0.6 is 0 Å². The molecule has 0 spiro atoms. The number of hydrogen-bond acceptors (Lipinski definition) is 3. The van der Waals surface area contributed by atoms with Crippen molar-refractivity contribution >= 4 is 64.9 Å². The summed E-state index contributed by atoms with van der Waals surface area (Å²) in [6, 6.07) is 70.1. The monoisotopic (exact) mass is 790 g/mol. The molecule has 10 aromatic carbocycles. The summed E-state index contributed by atoms with van der Waals surface area (Å²) in [6.45, 7) is 4.73. The van der Waals surface area contributed by atoms with Gasteiger partial charge in [-0.1, -0.05) is 184 Å². The Morgan fingerprint density at radius 3 is 1.69 bits per heavy atom. The fourth-order valence-corrected chi connectivity index (χ4v) is 10.6. The number of rotatable bonds is 4. The largest absolute Gasteiger partial charge is 0.309 e. The van der Waals surface area contributed by atoms with Gasteiger partial charge < -0.3 is 4.57 Å². The summed E-state index contributed by atoms with van der Waals surface area (Å²) < 4.78 is 2.55. The lowest BCUT2D eigenvalue weighted by molar-refractivity contribution is 0.660. The molecule has 290 valence electrons. The Kier molecular flexibility index (Phi) is 7.32.